The van der Waals surface area contributed by atoms with Gasteiger partial charge >= 0.3 is 0 Å². The van der Waals surface area contributed by atoms with Gasteiger partial charge < -0.3 is 9.64 Å². The molecule has 0 saturated carbocycles. The van der Waals surface area contributed by atoms with Crippen LogP contribution in [0.3, 0.4) is 0 Å². The van der Waals surface area contributed by atoms with Crippen LogP contribution in [-0.2, 0) is 4.74 Å². The highest BCUT2D eigenvalue weighted by Gasteiger charge is 2.39. The van der Waals surface area contributed by atoms with Gasteiger partial charge in [0, 0.05) is 25.6 Å². The van der Waals surface area contributed by atoms with Crippen molar-refractivity contribution < 1.29 is 14.3 Å². The number of rotatable bonds is 3. The fourth-order valence-electron chi connectivity index (χ4n) is 3.86. The predicted molar refractivity (Wildman–Crippen MR) is 97.9 cm³/mol. The zero-order chi connectivity index (χ0) is 18.1. The van der Waals surface area contributed by atoms with E-state index in [9.17, 15) is 9.59 Å². The number of nitrogens with zero attached hydrogens (tertiary/aromatic N) is 2. The first-order valence-corrected chi connectivity index (χ1v) is 8.95. The van der Waals surface area contributed by atoms with Crippen LogP contribution in [0, 0.1) is 5.92 Å². The molecule has 0 aromatic heterocycles. The maximum absolute atomic E-state index is 12.7. The molecule has 2 amide bonds. The van der Waals surface area contributed by atoms with Gasteiger partial charge in [0.1, 0.15) is 0 Å². The van der Waals surface area contributed by atoms with Gasteiger partial charge in [-0.05, 0) is 24.7 Å². The van der Waals surface area contributed by atoms with Crippen molar-refractivity contribution in [3.63, 3.8) is 0 Å². The zero-order valence-corrected chi connectivity index (χ0v) is 14.8. The Balaban J connectivity index is 1.62. The fourth-order valence-corrected chi connectivity index (χ4v) is 3.86. The van der Waals surface area contributed by atoms with Crippen molar-refractivity contribution in [2.24, 2.45) is 5.92 Å². The number of likely N-dealkylation sites (N-methyl/N-ethyl adjacent to an activating group) is 1. The second kappa shape index (κ2) is 7.02. The summed E-state index contributed by atoms with van der Waals surface area (Å²) in [6, 6.07) is 17.1. The molecule has 134 valence electrons. The average molecular weight is 350 g/mol. The van der Waals surface area contributed by atoms with E-state index in [-0.39, 0.29) is 23.8 Å². The second-order valence-electron chi connectivity index (χ2n) is 6.99. The monoisotopic (exact) mass is 350 g/mol. The Kier molecular flexibility index (Phi) is 4.57. The molecule has 2 aliphatic rings. The van der Waals surface area contributed by atoms with Gasteiger partial charge in [-0.3, -0.25) is 14.5 Å². The van der Waals surface area contributed by atoms with Gasteiger partial charge in [0.2, 0.25) is 0 Å². The van der Waals surface area contributed by atoms with Gasteiger partial charge in [0.05, 0.1) is 23.8 Å². The van der Waals surface area contributed by atoms with E-state index in [0.717, 1.165) is 18.7 Å². The second-order valence-corrected chi connectivity index (χ2v) is 6.99. The third kappa shape index (κ3) is 3.04. The smallest absolute Gasteiger partial charge is 0.261 e. The maximum atomic E-state index is 12.7. The number of hydrogen-bond donors (Lipinski definition) is 0. The topological polar surface area (TPSA) is 49.9 Å². The zero-order valence-electron chi connectivity index (χ0n) is 14.8. The molecule has 0 aliphatic carbocycles. The molecule has 0 N–H and O–H groups in total. The van der Waals surface area contributed by atoms with Crippen LogP contribution in [0.1, 0.15) is 32.4 Å². The maximum Gasteiger partial charge on any atom is 0.261 e. The Labute approximate surface area is 153 Å². The summed E-state index contributed by atoms with van der Waals surface area (Å²) in [5.74, 6) is -0.388. The van der Waals surface area contributed by atoms with Crippen LogP contribution < -0.4 is 0 Å². The summed E-state index contributed by atoms with van der Waals surface area (Å²) in [6.45, 7) is 2.60. The molecule has 2 atom stereocenters. The molecule has 2 aromatic rings. The van der Waals surface area contributed by atoms with Crippen LogP contribution in [0.2, 0.25) is 0 Å². The molecule has 0 unspecified atom stereocenters. The minimum absolute atomic E-state index is 0.0205. The molecule has 5 nitrogen and oxygen atoms in total. The first-order chi connectivity index (χ1) is 12.6. The van der Waals surface area contributed by atoms with Crippen molar-refractivity contribution >= 4 is 11.8 Å². The summed E-state index contributed by atoms with van der Waals surface area (Å²) in [4.78, 5) is 29.1. The fraction of sp³-hybridized carbons (Fsp3) is 0.333. The summed E-state index contributed by atoms with van der Waals surface area (Å²) in [5.41, 5.74) is 2.08. The largest absolute Gasteiger partial charge is 0.372 e. The first kappa shape index (κ1) is 16.9. The molecule has 0 radical (unpaired) electrons. The third-order valence-electron chi connectivity index (χ3n) is 5.17. The minimum Gasteiger partial charge on any atom is -0.372 e. The predicted octanol–water partition coefficient (Wildman–Crippen LogP) is 2.60. The molecule has 26 heavy (non-hydrogen) atoms. The van der Waals surface area contributed by atoms with Crippen LogP contribution in [0.25, 0.3) is 0 Å². The summed E-state index contributed by atoms with van der Waals surface area (Å²) >= 11 is 0. The number of carbonyl (C=O) groups is 2. The van der Waals surface area contributed by atoms with E-state index in [1.54, 1.807) is 24.3 Å². The van der Waals surface area contributed by atoms with Crippen molar-refractivity contribution in [1.82, 2.24) is 9.80 Å². The Morgan fingerprint density at radius 1 is 0.962 bits per heavy atom. The molecule has 1 fully saturated rings. The lowest BCUT2D eigenvalue weighted by Crippen LogP contribution is -2.40. The normalized spacial score (nSPS) is 23.8. The summed E-state index contributed by atoms with van der Waals surface area (Å²) < 4.78 is 6.14. The standard InChI is InChI=1S/C21H22N2O3/c1-22-11-12-26-19(15-7-3-2-4-8-15)16(13-22)14-23-20(24)17-9-5-6-10-18(17)21(23)25/h2-10,16,19H,11-14H2,1H3/t16-,19+/m0/s1. The third-order valence-corrected chi connectivity index (χ3v) is 5.17. The Morgan fingerprint density at radius 3 is 2.23 bits per heavy atom. The lowest BCUT2D eigenvalue weighted by atomic mass is 9.94. The SMILES string of the molecule is CN1CCO[C@H](c2ccccc2)[C@H](CN2C(=O)c3ccccc3C2=O)C1. The number of amides is 2. The van der Waals surface area contributed by atoms with Crippen molar-refractivity contribution in [2.45, 2.75) is 6.10 Å². The van der Waals surface area contributed by atoms with Gasteiger partial charge in [0.15, 0.2) is 0 Å². The molecular weight excluding hydrogens is 328 g/mol. The number of hydrogen-bond acceptors (Lipinski definition) is 4. The van der Waals surface area contributed by atoms with E-state index in [1.165, 1.54) is 4.90 Å². The number of fused-ring (bicyclic) bond motifs is 1. The Bertz CT molecular complexity index is 786. The summed E-state index contributed by atoms with van der Waals surface area (Å²) in [5, 5.41) is 0. The minimum atomic E-state index is -0.204. The number of imide groups is 1. The summed E-state index contributed by atoms with van der Waals surface area (Å²) in [6.07, 6.45) is -0.134. The number of benzene rings is 2. The van der Waals surface area contributed by atoms with E-state index in [4.69, 9.17) is 4.74 Å². The van der Waals surface area contributed by atoms with Crippen molar-refractivity contribution in [1.29, 1.82) is 0 Å². The highest BCUT2D eigenvalue weighted by atomic mass is 16.5. The van der Waals surface area contributed by atoms with Crippen LogP contribution in [-0.4, -0.2) is 54.9 Å². The van der Waals surface area contributed by atoms with Crippen molar-refractivity contribution in [3.05, 3.63) is 71.3 Å². The molecule has 2 heterocycles. The van der Waals surface area contributed by atoms with Gasteiger partial charge in [0.25, 0.3) is 11.8 Å². The van der Waals surface area contributed by atoms with Crippen LogP contribution in [0.15, 0.2) is 54.6 Å². The number of ether oxygens (including phenoxy) is 1. The molecular formula is C21H22N2O3. The molecule has 2 aliphatic heterocycles. The van der Waals surface area contributed by atoms with E-state index in [1.807, 2.05) is 37.4 Å². The van der Waals surface area contributed by atoms with Crippen molar-refractivity contribution in [2.75, 3.05) is 33.3 Å². The van der Waals surface area contributed by atoms with Crippen LogP contribution >= 0.6 is 0 Å². The molecule has 1 saturated heterocycles. The highest BCUT2D eigenvalue weighted by molar-refractivity contribution is 6.21. The molecule has 0 bridgehead atoms. The summed E-state index contributed by atoms with van der Waals surface area (Å²) in [7, 11) is 2.05. The lowest BCUT2D eigenvalue weighted by molar-refractivity contribution is 0.0190. The quantitative estimate of drug-likeness (QED) is 0.799. The van der Waals surface area contributed by atoms with Gasteiger partial charge in [-0.2, -0.15) is 0 Å². The van der Waals surface area contributed by atoms with E-state index >= 15 is 0 Å². The van der Waals surface area contributed by atoms with Gasteiger partial charge in [-0.15, -0.1) is 0 Å². The van der Waals surface area contributed by atoms with E-state index < -0.39 is 0 Å². The lowest BCUT2D eigenvalue weighted by Gasteiger charge is -2.29. The average Bonchev–Trinajstić information content (AvgIpc) is 2.80. The Morgan fingerprint density at radius 2 is 1.58 bits per heavy atom. The van der Waals surface area contributed by atoms with Gasteiger partial charge in [-0.1, -0.05) is 42.5 Å². The molecule has 4 rings (SSSR count). The van der Waals surface area contributed by atoms with Crippen molar-refractivity contribution in [3.8, 4) is 0 Å². The van der Waals surface area contributed by atoms with E-state index in [2.05, 4.69) is 4.90 Å². The Hall–Kier alpha value is -2.50. The number of carbonyl (C=O) groups excluding carboxylic acids is 2. The van der Waals surface area contributed by atoms with Crippen LogP contribution in [0.4, 0.5) is 0 Å². The highest BCUT2D eigenvalue weighted by Crippen LogP contribution is 2.32. The van der Waals surface area contributed by atoms with Crippen LogP contribution in [0.5, 0.6) is 0 Å². The van der Waals surface area contributed by atoms with E-state index in [0.29, 0.717) is 24.3 Å². The molecule has 5 heteroatoms. The van der Waals surface area contributed by atoms with Gasteiger partial charge in [-0.25, -0.2) is 0 Å². The molecule has 2 aromatic carbocycles. The molecule has 0 spiro atoms. The first-order valence-electron chi connectivity index (χ1n) is 8.95.